The molecule has 1 aromatic heterocycles. The van der Waals surface area contributed by atoms with E-state index < -0.39 is 0 Å². The number of carbonyl (C=O) groups is 1. The van der Waals surface area contributed by atoms with Crippen LogP contribution in [0.4, 0.5) is 10.1 Å². The summed E-state index contributed by atoms with van der Waals surface area (Å²) in [6, 6.07) is 13.8. The van der Waals surface area contributed by atoms with Crippen LogP contribution in [-0.2, 0) is 4.79 Å². The van der Waals surface area contributed by atoms with Crippen molar-refractivity contribution in [3.05, 3.63) is 65.7 Å². The molecule has 2 aromatic carbocycles. The van der Waals surface area contributed by atoms with E-state index in [0.717, 1.165) is 22.8 Å². The first-order chi connectivity index (χ1) is 13.8. The molecule has 0 aliphatic carbocycles. The number of hydrogen-bond acceptors (Lipinski definition) is 5. The maximum Gasteiger partial charge on any atom is 0.234 e. The number of benzene rings is 2. The fraction of sp³-hybridized carbons (Fsp3) is 0.286. The van der Waals surface area contributed by atoms with Gasteiger partial charge in [0.15, 0.2) is 11.0 Å². The van der Waals surface area contributed by atoms with Gasteiger partial charge in [-0.05, 0) is 64.3 Å². The highest BCUT2D eigenvalue weighted by molar-refractivity contribution is 7.99. The SMILES string of the molecule is Cc1ccc(NC(=O)CSc2nnc(C(C)N(C)C)n2-c2ccc(F)cc2)cc1. The molecule has 29 heavy (non-hydrogen) atoms. The monoisotopic (exact) mass is 413 g/mol. The van der Waals surface area contributed by atoms with Gasteiger partial charge >= 0.3 is 0 Å². The third-order valence-electron chi connectivity index (χ3n) is 4.56. The van der Waals surface area contributed by atoms with Gasteiger partial charge in [-0.15, -0.1) is 10.2 Å². The van der Waals surface area contributed by atoms with Gasteiger partial charge in [0, 0.05) is 11.4 Å². The summed E-state index contributed by atoms with van der Waals surface area (Å²) >= 11 is 1.29. The number of rotatable bonds is 7. The summed E-state index contributed by atoms with van der Waals surface area (Å²) in [5.41, 5.74) is 2.64. The quantitative estimate of drug-likeness (QED) is 0.592. The predicted molar refractivity (Wildman–Crippen MR) is 114 cm³/mol. The van der Waals surface area contributed by atoms with Crippen LogP contribution in [-0.4, -0.2) is 45.4 Å². The highest BCUT2D eigenvalue weighted by Gasteiger charge is 2.21. The van der Waals surface area contributed by atoms with E-state index in [1.165, 1.54) is 23.9 Å². The lowest BCUT2D eigenvalue weighted by Gasteiger charge is -2.20. The molecule has 1 unspecified atom stereocenters. The zero-order chi connectivity index (χ0) is 21.0. The molecule has 1 atom stereocenters. The Kier molecular flexibility index (Phi) is 6.66. The summed E-state index contributed by atoms with van der Waals surface area (Å²) in [6.45, 7) is 4.01. The van der Waals surface area contributed by atoms with E-state index >= 15 is 0 Å². The van der Waals surface area contributed by atoms with Crippen molar-refractivity contribution in [3.63, 3.8) is 0 Å². The van der Waals surface area contributed by atoms with E-state index in [4.69, 9.17) is 0 Å². The molecule has 1 heterocycles. The van der Waals surface area contributed by atoms with Crippen LogP contribution >= 0.6 is 11.8 Å². The minimum absolute atomic E-state index is 0.0108. The number of halogens is 1. The zero-order valence-electron chi connectivity index (χ0n) is 16.9. The summed E-state index contributed by atoms with van der Waals surface area (Å²) in [4.78, 5) is 14.4. The summed E-state index contributed by atoms with van der Waals surface area (Å²) in [5, 5.41) is 12.1. The van der Waals surface area contributed by atoms with Crippen LogP contribution in [0.2, 0.25) is 0 Å². The van der Waals surface area contributed by atoms with Gasteiger partial charge in [0.1, 0.15) is 5.82 Å². The molecular weight excluding hydrogens is 389 g/mol. The predicted octanol–water partition coefficient (Wildman–Crippen LogP) is 4.07. The van der Waals surface area contributed by atoms with Gasteiger partial charge < -0.3 is 5.32 Å². The Balaban J connectivity index is 1.80. The summed E-state index contributed by atoms with van der Waals surface area (Å²) in [6.07, 6.45) is 0. The first-order valence-electron chi connectivity index (χ1n) is 9.22. The molecule has 3 rings (SSSR count). The van der Waals surface area contributed by atoms with Crippen molar-refractivity contribution in [2.45, 2.75) is 25.0 Å². The van der Waals surface area contributed by atoms with E-state index in [9.17, 15) is 9.18 Å². The Morgan fingerprint density at radius 3 is 2.41 bits per heavy atom. The van der Waals surface area contributed by atoms with Crippen molar-refractivity contribution in [1.29, 1.82) is 0 Å². The molecule has 6 nitrogen and oxygen atoms in total. The van der Waals surface area contributed by atoms with Crippen LogP contribution in [0, 0.1) is 12.7 Å². The molecule has 1 N–H and O–H groups in total. The fourth-order valence-electron chi connectivity index (χ4n) is 2.67. The zero-order valence-corrected chi connectivity index (χ0v) is 17.7. The number of nitrogens with zero attached hydrogens (tertiary/aromatic N) is 4. The number of anilines is 1. The molecule has 1 amide bonds. The van der Waals surface area contributed by atoms with Gasteiger partial charge in [-0.3, -0.25) is 14.3 Å². The molecule has 0 fully saturated rings. The van der Waals surface area contributed by atoms with Crippen LogP contribution < -0.4 is 5.32 Å². The van der Waals surface area contributed by atoms with Crippen LogP contribution in [0.25, 0.3) is 5.69 Å². The third-order valence-corrected chi connectivity index (χ3v) is 5.49. The Morgan fingerprint density at radius 1 is 1.14 bits per heavy atom. The van der Waals surface area contributed by atoms with E-state index in [1.54, 1.807) is 12.1 Å². The van der Waals surface area contributed by atoms with E-state index in [1.807, 2.05) is 61.7 Å². The number of aryl methyl sites for hydroxylation is 1. The molecular formula is C21H24FN5OS. The molecule has 0 bridgehead atoms. The number of amides is 1. The molecule has 152 valence electrons. The normalized spacial score (nSPS) is 12.2. The highest BCUT2D eigenvalue weighted by Crippen LogP contribution is 2.27. The Hall–Kier alpha value is -2.71. The number of aromatic nitrogens is 3. The van der Waals surface area contributed by atoms with E-state index in [0.29, 0.717) is 5.16 Å². The smallest absolute Gasteiger partial charge is 0.234 e. The van der Waals surface area contributed by atoms with Crippen LogP contribution in [0.5, 0.6) is 0 Å². The minimum Gasteiger partial charge on any atom is -0.325 e. The Labute approximate surface area is 174 Å². The minimum atomic E-state index is -0.310. The van der Waals surface area contributed by atoms with Crippen LogP contribution in [0.1, 0.15) is 24.4 Å². The van der Waals surface area contributed by atoms with Crippen LogP contribution in [0.15, 0.2) is 53.7 Å². The molecule has 0 saturated carbocycles. The fourth-order valence-corrected chi connectivity index (χ4v) is 3.43. The van der Waals surface area contributed by atoms with Crippen molar-refractivity contribution >= 4 is 23.4 Å². The first kappa shape index (κ1) is 21.0. The molecule has 0 spiro atoms. The lowest BCUT2D eigenvalue weighted by molar-refractivity contribution is -0.113. The van der Waals surface area contributed by atoms with Gasteiger partial charge in [0.25, 0.3) is 0 Å². The molecule has 8 heteroatoms. The molecule has 0 saturated heterocycles. The van der Waals surface area contributed by atoms with Crippen molar-refractivity contribution in [3.8, 4) is 5.69 Å². The van der Waals surface area contributed by atoms with Crippen molar-refractivity contribution in [2.24, 2.45) is 0 Å². The second-order valence-electron chi connectivity index (χ2n) is 7.00. The van der Waals surface area contributed by atoms with Crippen LogP contribution in [0.3, 0.4) is 0 Å². The summed E-state index contributed by atoms with van der Waals surface area (Å²) in [5.74, 6) is 0.470. The van der Waals surface area contributed by atoms with E-state index in [2.05, 4.69) is 15.5 Å². The standard InChI is InChI=1S/C21H24FN5OS/c1-14-5-9-17(10-6-14)23-19(28)13-29-21-25-24-20(15(2)26(3)4)27(21)18-11-7-16(22)8-12-18/h5-12,15H,13H2,1-4H3,(H,23,28). The number of thioether (sulfide) groups is 1. The maximum atomic E-state index is 13.4. The van der Waals surface area contributed by atoms with Gasteiger partial charge in [-0.2, -0.15) is 0 Å². The molecule has 0 aliphatic heterocycles. The lowest BCUT2D eigenvalue weighted by atomic mass is 10.2. The lowest BCUT2D eigenvalue weighted by Crippen LogP contribution is -2.21. The second kappa shape index (κ2) is 9.19. The maximum absolute atomic E-state index is 13.4. The largest absolute Gasteiger partial charge is 0.325 e. The molecule has 3 aromatic rings. The van der Waals surface area contributed by atoms with Crippen molar-refractivity contribution < 1.29 is 9.18 Å². The topological polar surface area (TPSA) is 63.1 Å². The number of hydrogen-bond donors (Lipinski definition) is 1. The van der Waals surface area contributed by atoms with Gasteiger partial charge in [-0.25, -0.2) is 4.39 Å². The third kappa shape index (κ3) is 5.21. The van der Waals surface area contributed by atoms with Gasteiger partial charge in [-0.1, -0.05) is 29.5 Å². The van der Waals surface area contributed by atoms with Crippen molar-refractivity contribution in [2.75, 3.05) is 25.2 Å². The Bertz CT molecular complexity index is 970. The first-order valence-corrected chi connectivity index (χ1v) is 10.2. The second-order valence-corrected chi connectivity index (χ2v) is 7.94. The average Bonchev–Trinajstić information content (AvgIpc) is 3.12. The van der Waals surface area contributed by atoms with E-state index in [-0.39, 0.29) is 23.5 Å². The summed E-state index contributed by atoms with van der Waals surface area (Å²) in [7, 11) is 3.91. The van der Waals surface area contributed by atoms with Crippen molar-refractivity contribution in [1.82, 2.24) is 19.7 Å². The Morgan fingerprint density at radius 2 is 1.79 bits per heavy atom. The summed E-state index contributed by atoms with van der Waals surface area (Å²) < 4.78 is 15.3. The molecule has 0 aliphatic rings. The van der Waals surface area contributed by atoms with Gasteiger partial charge in [0.05, 0.1) is 11.8 Å². The van der Waals surface area contributed by atoms with Gasteiger partial charge in [0.2, 0.25) is 5.91 Å². The number of carbonyl (C=O) groups excluding carboxylic acids is 1. The number of nitrogens with one attached hydrogen (secondary N) is 1. The molecule has 0 radical (unpaired) electrons. The highest BCUT2D eigenvalue weighted by atomic mass is 32.2. The average molecular weight is 414 g/mol.